The maximum Gasteiger partial charge on any atom is 0.301 e. The third kappa shape index (κ3) is 2.96. The number of thiazole rings is 1. The van der Waals surface area contributed by atoms with Crippen molar-refractivity contribution in [3.05, 3.63) is 53.2 Å². The van der Waals surface area contributed by atoms with Crippen LogP contribution in [0.15, 0.2) is 46.9 Å². The highest BCUT2D eigenvalue weighted by Gasteiger charge is 2.15. The van der Waals surface area contributed by atoms with Crippen molar-refractivity contribution in [3.63, 3.8) is 0 Å². The summed E-state index contributed by atoms with van der Waals surface area (Å²) in [6.45, 7) is 1.92. The fourth-order valence-electron chi connectivity index (χ4n) is 2.91. The van der Waals surface area contributed by atoms with Crippen molar-refractivity contribution in [3.8, 4) is 10.9 Å². The zero-order valence-electron chi connectivity index (χ0n) is 14.9. The minimum atomic E-state index is 0.362. The van der Waals surface area contributed by atoms with Crippen LogP contribution in [0.1, 0.15) is 5.69 Å². The van der Waals surface area contributed by atoms with Gasteiger partial charge in [0.1, 0.15) is 17.1 Å². The largest absolute Gasteiger partial charge is 0.497 e. The molecule has 7 nitrogen and oxygen atoms in total. The second kappa shape index (κ2) is 6.50. The molecule has 0 aliphatic rings. The molecule has 3 aromatic heterocycles. The van der Waals surface area contributed by atoms with Crippen LogP contribution in [0, 0.1) is 6.92 Å². The van der Waals surface area contributed by atoms with E-state index in [4.69, 9.17) is 20.8 Å². The fraction of sp³-hybridized carbons (Fsp3) is 0.105. The molecule has 0 aliphatic carbocycles. The van der Waals surface area contributed by atoms with Crippen LogP contribution in [-0.2, 0) is 0 Å². The molecule has 0 amide bonds. The van der Waals surface area contributed by atoms with Crippen LogP contribution in [0.5, 0.6) is 5.75 Å². The predicted molar refractivity (Wildman–Crippen MR) is 110 cm³/mol. The van der Waals surface area contributed by atoms with E-state index in [0.717, 1.165) is 26.8 Å². The second-order valence-electron chi connectivity index (χ2n) is 6.17. The number of rotatable bonds is 4. The van der Waals surface area contributed by atoms with E-state index in [-0.39, 0.29) is 0 Å². The van der Waals surface area contributed by atoms with E-state index in [2.05, 4.69) is 20.4 Å². The number of anilines is 2. The number of benzene rings is 2. The van der Waals surface area contributed by atoms with E-state index in [1.807, 2.05) is 31.2 Å². The van der Waals surface area contributed by atoms with Crippen molar-refractivity contribution < 1.29 is 9.15 Å². The van der Waals surface area contributed by atoms with Crippen molar-refractivity contribution in [2.75, 3.05) is 12.4 Å². The van der Waals surface area contributed by atoms with Crippen LogP contribution in [0.25, 0.3) is 26.4 Å². The van der Waals surface area contributed by atoms with Crippen molar-refractivity contribution in [2.24, 2.45) is 0 Å². The number of hydrogen-bond donors (Lipinski definition) is 1. The summed E-state index contributed by atoms with van der Waals surface area (Å²) >= 11 is 7.55. The average Bonchev–Trinajstić information content (AvgIpc) is 3.36. The van der Waals surface area contributed by atoms with Crippen LogP contribution >= 0.6 is 22.9 Å². The Morgan fingerprint density at radius 2 is 2.00 bits per heavy atom. The van der Waals surface area contributed by atoms with Gasteiger partial charge in [0, 0.05) is 11.1 Å². The number of aromatic nitrogens is 4. The van der Waals surface area contributed by atoms with Gasteiger partial charge in [0.25, 0.3) is 0 Å². The van der Waals surface area contributed by atoms with Crippen LogP contribution in [0.3, 0.4) is 0 Å². The Hall–Kier alpha value is -3.10. The van der Waals surface area contributed by atoms with Crippen molar-refractivity contribution >= 4 is 56.1 Å². The summed E-state index contributed by atoms with van der Waals surface area (Å²) in [4.78, 5) is 9.12. The Bertz CT molecular complexity index is 1320. The summed E-state index contributed by atoms with van der Waals surface area (Å²) < 4.78 is 13.8. The molecule has 0 saturated carbocycles. The van der Waals surface area contributed by atoms with Gasteiger partial charge in [-0.2, -0.15) is 14.8 Å². The normalized spacial score (nSPS) is 11.4. The number of halogens is 1. The molecule has 0 bridgehead atoms. The van der Waals surface area contributed by atoms with Gasteiger partial charge in [-0.1, -0.05) is 22.9 Å². The third-order valence-corrected chi connectivity index (χ3v) is 5.41. The summed E-state index contributed by atoms with van der Waals surface area (Å²) in [6.07, 6.45) is 0. The van der Waals surface area contributed by atoms with E-state index < -0.39 is 0 Å². The predicted octanol–water partition coefficient (Wildman–Crippen LogP) is 5.34. The van der Waals surface area contributed by atoms with Gasteiger partial charge in [-0.3, -0.25) is 5.32 Å². The Labute approximate surface area is 168 Å². The lowest BCUT2D eigenvalue weighted by Gasteiger charge is -2.03. The molecule has 0 unspecified atom stereocenters. The van der Waals surface area contributed by atoms with Crippen molar-refractivity contribution in [1.29, 1.82) is 0 Å². The first-order chi connectivity index (χ1) is 13.6. The molecule has 0 spiro atoms. The standard InChI is InChI=1S/C19H14ClN5O2S/c1-10-7-17(23-18-21-14-8-11(20)3-6-15(14)27-18)25(24-10)19-22-13-5-4-12(26-2)9-16(13)28-19/h3-9H,1-2H3,(H,21,23). The van der Waals surface area contributed by atoms with Gasteiger partial charge in [0.15, 0.2) is 5.58 Å². The van der Waals surface area contributed by atoms with Crippen LogP contribution in [-0.4, -0.2) is 26.9 Å². The van der Waals surface area contributed by atoms with Crippen molar-refractivity contribution in [2.45, 2.75) is 6.92 Å². The number of hydrogen-bond acceptors (Lipinski definition) is 7. The molecule has 2 aromatic carbocycles. The summed E-state index contributed by atoms with van der Waals surface area (Å²) in [5.74, 6) is 1.50. The van der Waals surface area contributed by atoms with Gasteiger partial charge in [-0.05, 0) is 43.3 Å². The molecule has 9 heteroatoms. The number of aryl methyl sites for hydroxylation is 1. The van der Waals surface area contributed by atoms with E-state index in [0.29, 0.717) is 28.0 Å². The molecule has 0 radical (unpaired) electrons. The number of methoxy groups -OCH3 is 1. The molecule has 3 heterocycles. The Balaban J connectivity index is 1.54. The van der Waals surface area contributed by atoms with Gasteiger partial charge in [-0.15, -0.1) is 0 Å². The molecule has 1 N–H and O–H groups in total. The van der Waals surface area contributed by atoms with E-state index in [9.17, 15) is 0 Å². The highest BCUT2D eigenvalue weighted by Crippen LogP contribution is 2.31. The molecular formula is C19H14ClN5O2S. The Morgan fingerprint density at radius 3 is 2.86 bits per heavy atom. The first-order valence-corrected chi connectivity index (χ1v) is 9.63. The highest BCUT2D eigenvalue weighted by atomic mass is 35.5. The minimum Gasteiger partial charge on any atom is -0.497 e. The summed E-state index contributed by atoms with van der Waals surface area (Å²) in [6, 6.07) is 13.4. The third-order valence-electron chi connectivity index (χ3n) is 4.18. The number of nitrogens with one attached hydrogen (secondary N) is 1. The Morgan fingerprint density at radius 1 is 1.11 bits per heavy atom. The van der Waals surface area contributed by atoms with Gasteiger partial charge in [0.05, 0.1) is 23.0 Å². The zero-order chi connectivity index (χ0) is 19.3. The molecule has 0 fully saturated rings. The highest BCUT2D eigenvalue weighted by molar-refractivity contribution is 7.20. The summed E-state index contributed by atoms with van der Waals surface area (Å²) in [7, 11) is 1.65. The molecule has 28 heavy (non-hydrogen) atoms. The Kier molecular flexibility index (Phi) is 3.96. The number of nitrogens with zero attached hydrogens (tertiary/aromatic N) is 4. The summed E-state index contributed by atoms with van der Waals surface area (Å²) in [5, 5.41) is 9.10. The molecular weight excluding hydrogens is 398 g/mol. The van der Waals surface area contributed by atoms with Gasteiger partial charge < -0.3 is 9.15 Å². The lowest BCUT2D eigenvalue weighted by Crippen LogP contribution is -2.02. The van der Waals surface area contributed by atoms with Gasteiger partial charge in [0.2, 0.25) is 5.13 Å². The quantitative estimate of drug-likeness (QED) is 0.430. The molecule has 0 atom stereocenters. The van der Waals surface area contributed by atoms with E-state index in [1.54, 1.807) is 30.0 Å². The van der Waals surface area contributed by atoms with Crippen LogP contribution in [0.2, 0.25) is 5.02 Å². The monoisotopic (exact) mass is 411 g/mol. The minimum absolute atomic E-state index is 0.362. The van der Waals surface area contributed by atoms with Crippen LogP contribution in [0.4, 0.5) is 11.8 Å². The molecule has 5 rings (SSSR count). The lowest BCUT2D eigenvalue weighted by molar-refractivity contribution is 0.415. The first kappa shape index (κ1) is 17.0. The molecule has 0 aliphatic heterocycles. The zero-order valence-corrected chi connectivity index (χ0v) is 16.5. The first-order valence-electron chi connectivity index (χ1n) is 8.44. The maximum atomic E-state index is 6.02. The van der Waals surface area contributed by atoms with Crippen molar-refractivity contribution in [1.82, 2.24) is 19.7 Å². The van der Waals surface area contributed by atoms with Gasteiger partial charge >= 0.3 is 6.01 Å². The number of fused-ring (bicyclic) bond motifs is 2. The number of oxazole rings is 1. The molecule has 5 aromatic rings. The topological polar surface area (TPSA) is 78.0 Å². The van der Waals surface area contributed by atoms with E-state index >= 15 is 0 Å². The average molecular weight is 412 g/mol. The second-order valence-corrected chi connectivity index (χ2v) is 7.61. The van der Waals surface area contributed by atoms with Crippen LogP contribution < -0.4 is 10.1 Å². The summed E-state index contributed by atoms with van der Waals surface area (Å²) in [5.41, 5.74) is 3.07. The van der Waals surface area contributed by atoms with E-state index in [1.165, 1.54) is 11.3 Å². The molecule has 0 saturated heterocycles. The number of ether oxygens (including phenoxy) is 1. The van der Waals surface area contributed by atoms with Gasteiger partial charge in [-0.25, -0.2) is 4.98 Å². The maximum absolute atomic E-state index is 6.02. The fourth-order valence-corrected chi connectivity index (χ4v) is 4.03. The lowest BCUT2D eigenvalue weighted by atomic mass is 10.3. The smallest absolute Gasteiger partial charge is 0.301 e. The SMILES string of the molecule is COc1ccc2nc(-n3nc(C)cc3Nc3nc4cc(Cl)ccc4o3)sc2c1. The molecule has 140 valence electrons.